The molecule has 3 atom stereocenters. The Labute approximate surface area is 144 Å². The van der Waals surface area contributed by atoms with E-state index in [1.165, 1.54) is 0 Å². The molecule has 2 N–H and O–H groups in total. The lowest BCUT2D eigenvalue weighted by atomic mass is 9.98. The number of carbonyl (C=O) groups is 1. The number of benzene rings is 1. The van der Waals surface area contributed by atoms with Crippen LogP contribution < -0.4 is 15.2 Å². The number of nitrogens with two attached hydrogens (primary N) is 1. The highest BCUT2D eigenvalue weighted by Crippen LogP contribution is 2.38. The molecule has 5 heteroatoms. The number of fused-ring (bicyclic) bond motifs is 1. The molecule has 2 aliphatic rings. The molecule has 3 unspecified atom stereocenters. The van der Waals surface area contributed by atoms with Crippen molar-refractivity contribution in [1.82, 2.24) is 4.90 Å². The van der Waals surface area contributed by atoms with Gasteiger partial charge < -0.3 is 20.1 Å². The highest BCUT2D eigenvalue weighted by Gasteiger charge is 2.42. The monoisotopic (exact) mass is 332 g/mol. The molecule has 132 valence electrons. The minimum atomic E-state index is 0.0605. The summed E-state index contributed by atoms with van der Waals surface area (Å²) < 4.78 is 11.2. The molecule has 0 radical (unpaired) electrons. The third-order valence-electron chi connectivity index (χ3n) is 5.18. The normalized spacial score (nSPS) is 25.9. The van der Waals surface area contributed by atoms with Gasteiger partial charge in [0.2, 0.25) is 0 Å². The summed E-state index contributed by atoms with van der Waals surface area (Å²) in [7, 11) is 1.60. The summed E-state index contributed by atoms with van der Waals surface area (Å²) >= 11 is 0. The number of carbonyl (C=O) groups excluding carboxylic acids is 1. The van der Waals surface area contributed by atoms with Crippen LogP contribution >= 0.6 is 0 Å². The maximum absolute atomic E-state index is 12.8. The zero-order valence-corrected chi connectivity index (χ0v) is 14.8. The molecule has 1 aliphatic heterocycles. The molecular formula is C19H28N2O3. The minimum Gasteiger partial charge on any atom is -0.493 e. The number of nitrogens with zero attached hydrogens (tertiary/aromatic N) is 1. The van der Waals surface area contributed by atoms with Crippen LogP contribution in [0.15, 0.2) is 18.2 Å². The second kappa shape index (κ2) is 7.01. The summed E-state index contributed by atoms with van der Waals surface area (Å²) in [6.07, 6.45) is 2.23. The highest BCUT2D eigenvalue weighted by atomic mass is 16.5. The van der Waals surface area contributed by atoms with E-state index in [2.05, 4.69) is 13.8 Å². The van der Waals surface area contributed by atoms with Crippen LogP contribution in [0.2, 0.25) is 0 Å². The van der Waals surface area contributed by atoms with Gasteiger partial charge in [0.25, 0.3) is 5.91 Å². The maximum atomic E-state index is 12.8. The Morgan fingerprint density at radius 1 is 1.29 bits per heavy atom. The SMILES string of the molecule is COc1cc(C(=O)N2CC3CCC(N)C3C2)ccc1OCC(C)C. The molecule has 2 fully saturated rings. The maximum Gasteiger partial charge on any atom is 0.254 e. The van der Waals surface area contributed by atoms with E-state index < -0.39 is 0 Å². The smallest absolute Gasteiger partial charge is 0.254 e. The first kappa shape index (κ1) is 17.1. The van der Waals surface area contributed by atoms with Crippen molar-refractivity contribution in [2.75, 3.05) is 26.8 Å². The predicted molar refractivity (Wildman–Crippen MR) is 93.4 cm³/mol. The van der Waals surface area contributed by atoms with Crippen molar-refractivity contribution in [3.8, 4) is 11.5 Å². The molecule has 0 bridgehead atoms. The van der Waals surface area contributed by atoms with Crippen LogP contribution in [0.5, 0.6) is 11.5 Å². The Balaban J connectivity index is 1.71. The molecular weight excluding hydrogens is 304 g/mol. The van der Waals surface area contributed by atoms with Crippen LogP contribution in [0.1, 0.15) is 37.0 Å². The van der Waals surface area contributed by atoms with E-state index in [0.717, 1.165) is 25.9 Å². The van der Waals surface area contributed by atoms with E-state index in [1.807, 2.05) is 17.0 Å². The lowest BCUT2D eigenvalue weighted by Gasteiger charge is -2.20. The van der Waals surface area contributed by atoms with Gasteiger partial charge in [-0.15, -0.1) is 0 Å². The van der Waals surface area contributed by atoms with Crippen LogP contribution in [0.3, 0.4) is 0 Å². The molecule has 1 aromatic carbocycles. The molecule has 1 saturated heterocycles. The van der Waals surface area contributed by atoms with E-state index in [9.17, 15) is 4.79 Å². The Morgan fingerprint density at radius 3 is 2.75 bits per heavy atom. The molecule has 1 saturated carbocycles. The number of ether oxygens (including phenoxy) is 2. The fourth-order valence-corrected chi connectivity index (χ4v) is 3.83. The van der Waals surface area contributed by atoms with Crippen molar-refractivity contribution in [2.24, 2.45) is 23.5 Å². The summed E-state index contributed by atoms with van der Waals surface area (Å²) in [5, 5.41) is 0. The third-order valence-corrected chi connectivity index (χ3v) is 5.18. The summed E-state index contributed by atoms with van der Waals surface area (Å²) in [5.74, 6) is 2.82. The van der Waals surface area contributed by atoms with Crippen molar-refractivity contribution in [2.45, 2.75) is 32.7 Å². The number of methoxy groups -OCH3 is 1. The quantitative estimate of drug-likeness (QED) is 0.900. The van der Waals surface area contributed by atoms with Gasteiger partial charge >= 0.3 is 0 Å². The zero-order valence-electron chi connectivity index (χ0n) is 14.8. The van der Waals surface area contributed by atoms with E-state index >= 15 is 0 Å². The van der Waals surface area contributed by atoms with Crippen molar-refractivity contribution in [3.05, 3.63) is 23.8 Å². The van der Waals surface area contributed by atoms with Crippen LogP contribution in [-0.4, -0.2) is 43.7 Å². The summed E-state index contributed by atoms with van der Waals surface area (Å²) in [4.78, 5) is 14.8. The van der Waals surface area contributed by atoms with Crippen molar-refractivity contribution in [1.29, 1.82) is 0 Å². The molecule has 1 aliphatic carbocycles. The van der Waals surface area contributed by atoms with Gasteiger partial charge in [-0.2, -0.15) is 0 Å². The van der Waals surface area contributed by atoms with Crippen LogP contribution in [-0.2, 0) is 0 Å². The Kier molecular flexibility index (Phi) is 4.99. The van der Waals surface area contributed by atoms with E-state index in [-0.39, 0.29) is 11.9 Å². The number of rotatable bonds is 5. The highest BCUT2D eigenvalue weighted by molar-refractivity contribution is 5.95. The topological polar surface area (TPSA) is 64.8 Å². The van der Waals surface area contributed by atoms with Crippen LogP contribution in [0, 0.1) is 17.8 Å². The lowest BCUT2D eigenvalue weighted by Crippen LogP contribution is -2.33. The van der Waals surface area contributed by atoms with E-state index in [0.29, 0.717) is 41.4 Å². The molecule has 5 nitrogen and oxygen atoms in total. The van der Waals surface area contributed by atoms with Gasteiger partial charge in [-0.1, -0.05) is 13.8 Å². The Morgan fingerprint density at radius 2 is 2.08 bits per heavy atom. The molecule has 3 rings (SSSR count). The minimum absolute atomic E-state index is 0.0605. The van der Waals surface area contributed by atoms with Gasteiger partial charge in [0.05, 0.1) is 13.7 Å². The standard InChI is InChI=1S/C19H28N2O3/c1-12(2)11-24-17-7-5-13(8-18(17)23-3)19(22)21-9-14-4-6-16(20)15(14)10-21/h5,7-8,12,14-16H,4,6,9-11,20H2,1-3H3. The molecule has 1 amide bonds. The van der Waals surface area contributed by atoms with Gasteiger partial charge in [0.1, 0.15) is 0 Å². The van der Waals surface area contributed by atoms with Crippen molar-refractivity contribution >= 4 is 5.91 Å². The van der Waals surface area contributed by atoms with Gasteiger partial charge in [-0.05, 0) is 48.8 Å². The molecule has 0 aromatic heterocycles. The van der Waals surface area contributed by atoms with E-state index in [4.69, 9.17) is 15.2 Å². The zero-order chi connectivity index (χ0) is 17.3. The second-order valence-corrected chi connectivity index (χ2v) is 7.45. The van der Waals surface area contributed by atoms with Gasteiger partial charge in [-0.3, -0.25) is 4.79 Å². The average Bonchev–Trinajstić information content (AvgIpc) is 3.14. The summed E-state index contributed by atoms with van der Waals surface area (Å²) in [6.45, 7) is 6.42. The molecule has 24 heavy (non-hydrogen) atoms. The average molecular weight is 332 g/mol. The number of likely N-dealkylation sites (tertiary alicyclic amines) is 1. The second-order valence-electron chi connectivity index (χ2n) is 7.45. The first-order valence-corrected chi connectivity index (χ1v) is 8.85. The van der Waals surface area contributed by atoms with Gasteiger partial charge in [0, 0.05) is 24.7 Å². The van der Waals surface area contributed by atoms with Crippen molar-refractivity contribution in [3.63, 3.8) is 0 Å². The first-order valence-electron chi connectivity index (χ1n) is 8.85. The van der Waals surface area contributed by atoms with E-state index in [1.54, 1.807) is 13.2 Å². The third kappa shape index (κ3) is 3.36. The van der Waals surface area contributed by atoms with Crippen LogP contribution in [0.25, 0.3) is 0 Å². The van der Waals surface area contributed by atoms with Crippen molar-refractivity contribution < 1.29 is 14.3 Å². The summed E-state index contributed by atoms with van der Waals surface area (Å²) in [5.41, 5.74) is 6.82. The molecule has 1 aromatic rings. The first-order chi connectivity index (χ1) is 11.5. The van der Waals surface area contributed by atoms with Gasteiger partial charge in [0.15, 0.2) is 11.5 Å². The predicted octanol–water partition coefficient (Wildman–Crippen LogP) is 2.54. The summed E-state index contributed by atoms with van der Waals surface area (Å²) in [6, 6.07) is 5.69. The Bertz CT molecular complexity index is 602. The van der Waals surface area contributed by atoms with Gasteiger partial charge in [-0.25, -0.2) is 0 Å². The number of amides is 1. The fourth-order valence-electron chi connectivity index (χ4n) is 3.83. The molecule has 0 spiro atoms. The lowest BCUT2D eigenvalue weighted by molar-refractivity contribution is 0.0779. The number of hydrogen-bond donors (Lipinski definition) is 1. The number of hydrogen-bond acceptors (Lipinski definition) is 4. The molecule has 1 heterocycles. The largest absolute Gasteiger partial charge is 0.493 e. The van der Waals surface area contributed by atoms with Crippen LogP contribution in [0.4, 0.5) is 0 Å². The Hall–Kier alpha value is -1.75. The fraction of sp³-hybridized carbons (Fsp3) is 0.632.